The van der Waals surface area contributed by atoms with Crippen molar-refractivity contribution in [2.75, 3.05) is 13.1 Å². The molecule has 1 atom stereocenters. The monoisotopic (exact) mass is 344 g/mol. The van der Waals surface area contributed by atoms with Crippen LogP contribution in [-0.2, 0) is 20.9 Å². The first kappa shape index (κ1) is 17.5. The van der Waals surface area contributed by atoms with Crippen molar-refractivity contribution in [3.63, 3.8) is 0 Å². The Morgan fingerprint density at radius 1 is 1.12 bits per heavy atom. The maximum atomic E-state index is 12.9. The number of carbonyl (C=O) groups is 3. The summed E-state index contributed by atoms with van der Waals surface area (Å²) in [6, 6.07) is 7.56. The molecule has 1 aromatic rings. The van der Waals surface area contributed by atoms with E-state index in [1.54, 1.807) is 9.80 Å². The molecule has 0 spiro atoms. The highest BCUT2D eigenvalue weighted by Crippen LogP contribution is 2.26. The van der Waals surface area contributed by atoms with Crippen LogP contribution in [0.15, 0.2) is 24.3 Å². The summed E-state index contributed by atoms with van der Waals surface area (Å²) >= 11 is 0. The van der Waals surface area contributed by atoms with E-state index >= 15 is 0 Å². The Morgan fingerprint density at radius 3 is 2.36 bits per heavy atom. The topological polar surface area (TPSA) is 77.9 Å². The smallest absolute Gasteiger partial charge is 0.306 e. The third-order valence-electron chi connectivity index (χ3n) is 5.24. The van der Waals surface area contributed by atoms with Crippen molar-refractivity contribution < 1.29 is 19.5 Å². The molecule has 0 aromatic heterocycles. The molecule has 2 fully saturated rings. The molecule has 1 aromatic carbocycles. The van der Waals surface area contributed by atoms with E-state index < -0.39 is 12.0 Å². The van der Waals surface area contributed by atoms with E-state index in [9.17, 15) is 14.4 Å². The molecule has 2 aliphatic heterocycles. The van der Waals surface area contributed by atoms with E-state index in [1.807, 2.05) is 31.2 Å². The standard InChI is InChI=1S/C19H24N2O4/c1-13-2-4-14(5-3-13)12-21-16(6-7-17(21)22)18(23)20-10-8-15(9-11-20)19(24)25/h2-5,15-16H,6-12H2,1H3,(H,24,25). The van der Waals surface area contributed by atoms with Crippen LogP contribution in [0.1, 0.15) is 36.8 Å². The lowest BCUT2D eigenvalue weighted by Gasteiger charge is -2.34. The van der Waals surface area contributed by atoms with Gasteiger partial charge in [-0.15, -0.1) is 0 Å². The fourth-order valence-corrected chi connectivity index (χ4v) is 3.64. The van der Waals surface area contributed by atoms with E-state index in [0.717, 1.165) is 11.1 Å². The first-order valence-electron chi connectivity index (χ1n) is 8.82. The van der Waals surface area contributed by atoms with Crippen molar-refractivity contribution in [3.05, 3.63) is 35.4 Å². The Morgan fingerprint density at radius 2 is 1.76 bits per heavy atom. The molecule has 1 N–H and O–H groups in total. The number of aliphatic carboxylic acids is 1. The molecule has 0 bridgehead atoms. The van der Waals surface area contributed by atoms with Crippen molar-refractivity contribution in [3.8, 4) is 0 Å². The van der Waals surface area contributed by atoms with Crippen LogP contribution in [0.5, 0.6) is 0 Å². The number of benzene rings is 1. The normalized spacial score (nSPS) is 21.6. The van der Waals surface area contributed by atoms with Gasteiger partial charge in [0.2, 0.25) is 11.8 Å². The molecule has 25 heavy (non-hydrogen) atoms. The fraction of sp³-hybridized carbons (Fsp3) is 0.526. The van der Waals surface area contributed by atoms with Crippen LogP contribution in [0.25, 0.3) is 0 Å². The highest BCUT2D eigenvalue weighted by molar-refractivity contribution is 5.91. The summed E-state index contributed by atoms with van der Waals surface area (Å²) < 4.78 is 0. The van der Waals surface area contributed by atoms with Gasteiger partial charge < -0.3 is 14.9 Å². The summed E-state index contributed by atoms with van der Waals surface area (Å²) in [4.78, 5) is 39.6. The second kappa shape index (κ2) is 7.25. The SMILES string of the molecule is Cc1ccc(CN2C(=O)CCC2C(=O)N2CCC(C(=O)O)CC2)cc1. The summed E-state index contributed by atoms with van der Waals surface area (Å²) in [5, 5.41) is 9.08. The summed E-state index contributed by atoms with van der Waals surface area (Å²) in [5.74, 6) is -1.18. The summed E-state index contributed by atoms with van der Waals surface area (Å²) in [6.07, 6.45) is 1.91. The number of carbonyl (C=O) groups excluding carboxylic acids is 2. The quantitative estimate of drug-likeness (QED) is 0.904. The van der Waals surface area contributed by atoms with Gasteiger partial charge in [-0.25, -0.2) is 0 Å². The number of rotatable bonds is 4. The van der Waals surface area contributed by atoms with Crippen LogP contribution in [0.4, 0.5) is 0 Å². The number of hydrogen-bond acceptors (Lipinski definition) is 3. The minimum Gasteiger partial charge on any atom is -0.481 e. The van der Waals surface area contributed by atoms with E-state index in [4.69, 9.17) is 5.11 Å². The molecule has 0 saturated carbocycles. The average Bonchev–Trinajstić information content (AvgIpc) is 2.97. The Kier molecular flexibility index (Phi) is 5.06. The molecule has 6 heteroatoms. The molecule has 1 unspecified atom stereocenters. The maximum absolute atomic E-state index is 12.9. The molecule has 0 aliphatic carbocycles. The lowest BCUT2D eigenvalue weighted by atomic mass is 9.96. The highest BCUT2D eigenvalue weighted by atomic mass is 16.4. The Labute approximate surface area is 147 Å². The van der Waals surface area contributed by atoms with Crippen LogP contribution < -0.4 is 0 Å². The lowest BCUT2D eigenvalue weighted by Crippen LogP contribution is -2.49. The number of carboxylic acids is 1. The predicted octanol–water partition coefficient (Wildman–Crippen LogP) is 1.81. The van der Waals surface area contributed by atoms with Crippen LogP contribution in [0, 0.1) is 12.8 Å². The molecule has 2 aliphatic rings. The van der Waals surface area contributed by atoms with Crippen LogP contribution in [0.3, 0.4) is 0 Å². The van der Waals surface area contributed by atoms with Crippen molar-refractivity contribution in [1.82, 2.24) is 9.80 Å². The molecule has 2 saturated heterocycles. The summed E-state index contributed by atoms with van der Waals surface area (Å²) in [6.45, 7) is 3.37. The Bertz CT molecular complexity index is 663. The van der Waals surface area contributed by atoms with E-state index in [1.165, 1.54) is 0 Å². The second-order valence-electron chi connectivity index (χ2n) is 7.00. The number of aryl methyl sites for hydroxylation is 1. The van der Waals surface area contributed by atoms with Gasteiger partial charge in [0.05, 0.1) is 5.92 Å². The minimum absolute atomic E-state index is 0.0133. The fourth-order valence-electron chi connectivity index (χ4n) is 3.64. The van der Waals surface area contributed by atoms with Gasteiger partial charge in [-0.05, 0) is 31.7 Å². The third-order valence-corrected chi connectivity index (χ3v) is 5.24. The molecule has 0 radical (unpaired) electrons. The average molecular weight is 344 g/mol. The van der Waals surface area contributed by atoms with E-state index in [-0.39, 0.29) is 17.7 Å². The first-order chi connectivity index (χ1) is 12.0. The molecule has 134 valence electrons. The van der Waals surface area contributed by atoms with E-state index in [2.05, 4.69) is 0 Å². The van der Waals surface area contributed by atoms with Gasteiger partial charge in [0.15, 0.2) is 0 Å². The Hall–Kier alpha value is -2.37. The third kappa shape index (κ3) is 3.83. The highest BCUT2D eigenvalue weighted by Gasteiger charge is 2.39. The lowest BCUT2D eigenvalue weighted by molar-refractivity contribution is -0.147. The minimum atomic E-state index is -0.788. The Balaban J connectivity index is 1.65. The molecule has 2 heterocycles. The molecule has 6 nitrogen and oxygen atoms in total. The number of carboxylic acid groups (broad SMARTS) is 1. The van der Waals surface area contributed by atoms with Crippen molar-refractivity contribution in [2.24, 2.45) is 5.92 Å². The van der Waals surface area contributed by atoms with Crippen molar-refractivity contribution >= 4 is 17.8 Å². The number of piperidine rings is 1. The number of amides is 2. The predicted molar refractivity (Wildman–Crippen MR) is 91.7 cm³/mol. The zero-order chi connectivity index (χ0) is 18.0. The van der Waals surface area contributed by atoms with Gasteiger partial charge in [0.25, 0.3) is 0 Å². The van der Waals surface area contributed by atoms with Gasteiger partial charge in [-0.1, -0.05) is 29.8 Å². The molecule has 2 amide bonds. The van der Waals surface area contributed by atoms with Crippen LogP contribution in [-0.4, -0.2) is 51.8 Å². The van der Waals surface area contributed by atoms with Crippen molar-refractivity contribution in [1.29, 1.82) is 0 Å². The van der Waals surface area contributed by atoms with Gasteiger partial charge in [0, 0.05) is 26.1 Å². The van der Waals surface area contributed by atoms with Gasteiger partial charge in [-0.2, -0.15) is 0 Å². The number of likely N-dealkylation sites (tertiary alicyclic amines) is 2. The zero-order valence-electron chi connectivity index (χ0n) is 14.5. The van der Waals surface area contributed by atoms with Crippen LogP contribution >= 0.6 is 0 Å². The molecule has 3 rings (SSSR count). The molecular weight excluding hydrogens is 320 g/mol. The largest absolute Gasteiger partial charge is 0.481 e. The molecular formula is C19H24N2O4. The van der Waals surface area contributed by atoms with Crippen molar-refractivity contribution in [2.45, 2.75) is 45.2 Å². The number of hydrogen-bond donors (Lipinski definition) is 1. The van der Waals surface area contributed by atoms with Gasteiger partial charge >= 0.3 is 5.97 Å². The van der Waals surface area contributed by atoms with E-state index in [0.29, 0.717) is 45.3 Å². The summed E-state index contributed by atoms with van der Waals surface area (Å²) in [7, 11) is 0. The van der Waals surface area contributed by atoms with Gasteiger partial charge in [0.1, 0.15) is 6.04 Å². The number of nitrogens with zero attached hydrogens (tertiary/aromatic N) is 2. The van der Waals surface area contributed by atoms with Gasteiger partial charge in [-0.3, -0.25) is 14.4 Å². The first-order valence-corrected chi connectivity index (χ1v) is 8.82. The maximum Gasteiger partial charge on any atom is 0.306 e. The second-order valence-corrected chi connectivity index (χ2v) is 7.00. The van der Waals surface area contributed by atoms with Crippen LogP contribution in [0.2, 0.25) is 0 Å². The summed E-state index contributed by atoms with van der Waals surface area (Å²) in [5.41, 5.74) is 2.17. The zero-order valence-corrected chi connectivity index (χ0v) is 14.5.